The van der Waals surface area contributed by atoms with E-state index in [1.54, 1.807) is 24.4 Å². The van der Waals surface area contributed by atoms with E-state index < -0.39 is 24.5 Å². The maximum atomic E-state index is 12.5. The van der Waals surface area contributed by atoms with Crippen molar-refractivity contribution in [2.24, 2.45) is 0 Å². The van der Waals surface area contributed by atoms with Crippen molar-refractivity contribution in [2.75, 3.05) is 0 Å². The number of carbonyl (C=O) groups excluding carboxylic acids is 1. The summed E-state index contributed by atoms with van der Waals surface area (Å²) in [6, 6.07) is 4.11. The van der Waals surface area contributed by atoms with E-state index in [1.165, 1.54) is 0 Å². The van der Waals surface area contributed by atoms with Crippen LogP contribution in [0.2, 0.25) is 5.02 Å². The van der Waals surface area contributed by atoms with Gasteiger partial charge in [0.15, 0.2) is 0 Å². The van der Waals surface area contributed by atoms with Gasteiger partial charge in [0.2, 0.25) is 5.91 Å². The average molecular weight is 343 g/mol. The van der Waals surface area contributed by atoms with Gasteiger partial charge in [0.25, 0.3) is 0 Å². The van der Waals surface area contributed by atoms with Crippen LogP contribution >= 0.6 is 11.6 Å². The van der Waals surface area contributed by atoms with Crippen LogP contribution in [0.1, 0.15) is 18.4 Å². The summed E-state index contributed by atoms with van der Waals surface area (Å²) in [6.07, 6.45) is 0.878. The topological polar surface area (TPSA) is 44.9 Å². The Hall–Kier alpha value is -2.13. The Kier molecular flexibility index (Phi) is 5.22. The molecule has 3 nitrogen and oxygen atoms in total. The average Bonchev–Trinajstić information content (AvgIpc) is 2.81. The zero-order valence-corrected chi connectivity index (χ0v) is 12.8. The summed E-state index contributed by atoms with van der Waals surface area (Å²) in [5.41, 5.74) is 1.38. The molecule has 1 amide bonds. The third-order valence-electron chi connectivity index (χ3n) is 3.29. The van der Waals surface area contributed by atoms with E-state index in [-0.39, 0.29) is 12.8 Å². The molecule has 1 heterocycles. The summed E-state index contributed by atoms with van der Waals surface area (Å²) in [4.78, 5) is 15.0. The highest BCUT2D eigenvalue weighted by Crippen LogP contribution is 2.27. The summed E-state index contributed by atoms with van der Waals surface area (Å²) >= 11 is 6.10. The molecule has 0 radical (unpaired) electrons. The quantitative estimate of drug-likeness (QED) is 0.797. The first-order valence-electron chi connectivity index (χ1n) is 6.84. The van der Waals surface area contributed by atoms with E-state index in [1.807, 2.05) is 0 Å². The number of nitrogens with one attached hydrogen (secondary N) is 2. The van der Waals surface area contributed by atoms with E-state index in [0.29, 0.717) is 16.0 Å². The van der Waals surface area contributed by atoms with Crippen molar-refractivity contribution in [1.82, 2.24) is 10.3 Å². The molecule has 1 aromatic heterocycles. The number of amides is 1. The minimum atomic E-state index is -4.39. The van der Waals surface area contributed by atoms with Crippen molar-refractivity contribution in [3.63, 3.8) is 0 Å². The summed E-state index contributed by atoms with van der Waals surface area (Å²) in [5.74, 6) is 1.62. The number of hydrogen-bond donors (Lipinski definition) is 2. The molecule has 0 saturated carbocycles. The molecule has 0 bridgehead atoms. The Bertz CT molecular complexity index is 746. The van der Waals surface area contributed by atoms with Gasteiger partial charge >= 0.3 is 6.18 Å². The van der Waals surface area contributed by atoms with E-state index in [4.69, 9.17) is 18.0 Å². The lowest BCUT2D eigenvalue weighted by Gasteiger charge is -2.18. The van der Waals surface area contributed by atoms with E-state index in [2.05, 4.69) is 16.2 Å². The molecule has 7 heteroatoms. The Morgan fingerprint density at radius 1 is 1.43 bits per heavy atom. The first-order valence-corrected chi connectivity index (χ1v) is 7.22. The fourth-order valence-electron chi connectivity index (χ4n) is 2.39. The second kappa shape index (κ2) is 6.97. The smallest absolute Gasteiger partial charge is 0.361 e. The molecule has 0 spiro atoms. The Labute approximate surface area is 136 Å². The molecule has 2 N–H and O–H groups in total. The number of rotatable bonds is 5. The first kappa shape index (κ1) is 17.2. The standard InChI is InChI=1S/C16H14ClF3N2O/c1-2-4-11(8-16(18,19)20)22-14(23)7-10-9-21-13-6-3-5-12(17)15(10)13/h1,3,5-6,9,11,21H,4,7-8H2,(H,22,23)/t11-/m0/s1. The lowest BCUT2D eigenvalue weighted by Crippen LogP contribution is -2.38. The molecule has 0 aliphatic heterocycles. The summed E-state index contributed by atoms with van der Waals surface area (Å²) in [6.45, 7) is 0. The Morgan fingerprint density at radius 3 is 2.83 bits per heavy atom. The third kappa shape index (κ3) is 4.67. The van der Waals surface area contributed by atoms with Gasteiger partial charge in [-0.25, -0.2) is 0 Å². The molecule has 0 aliphatic rings. The molecular weight excluding hydrogens is 329 g/mol. The van der Waals surface area contributed by atoms with Crippen LogP contribution in [-0.4, -0.2) is 23.1 Å². The van der Waals surface area contributed by atoms with Gasteiger partial charge in [-0.3, -0.25) is 4.79 Å². The first-order chi connectivity index (χ1) is 10.8. The van der Waals surface area contributed by atoms with Crippen molar-refractivity contribution >= 4 is 28.4 Å². The van der Waals surface area contributed by atoms with Crippen LogP contribution in [0.4, 0.5) is 13.2 Å². The molecule has 122 valence electrons. The summed E-state index contributed by atoms with van der Waals surface area (Å²) in [7, 11) is 0. The van der Waals surface area contributed by atoms with Gasteiger partial charge in [-0.15, -0.1) is 12.3 Å². The number of benzene rings is 1. The number of fused-ring (bicyclic) bond motifs is 1. The molecule has 2 aromatic rings. The Morgan fingerprint density at radius 2 is 2.17 bits per heavy atom. The highest BCUT2D eigenvalue weighted by Gasteiger charge is 2.32. The van der Waals surface area contributed by atoms with Crippen molar-refractivity contribution in [2.45, 2.75) is 31.5 Å². The molecule has 0 aliphatic carbocycles. The number of hydrogen-bond acceptors (Lipinski definition) is 1. The minimum Gasteiger partial charge on any atom is -0.361 e. The van der Waals surface area contributed by atoms with Gasteiger partial charge in [0.05, 0.1) is 17.9 Å². The number of carbonyl (C=O) groups is 1. The number of H-pyrrole nitrogens is 1. The number of alkyl halides is 3. The predicted octanol–water partition coefficient (Wildman–Crippen LogP) is 3.82. The van der Waals surface area contributed by atoms with Gasteiger partial charge in [-0.1, -0.05) is 17.7 Å². The monoisotopic (exact) mass is 342 g/mol. The highest BCUT2D eigenvalue weighted by molar-refractivity contribution is 6.35. The predicted molar refractivity (Wildman–Crippen MR) is 83.1 cm³/mol. The SMILES string of the molecule is C#CC[C@@H](CC(F)(F)F)NC(=O)Cc1c[nH]c2cccc(Cl)c12. The highest BCUT2D eigenvalue weighted by atomic mass is 35.5. The van der Waals surface area contributed by atoms with Gasteiger partial charge < -0.3 is 10.3 Å². The lowest BCUT2D eigenvalue weighted by molar-refractivity contribution is -0.142. The summed E-state index contributed by atoms with van der Waals surface area (Å²) in [5, 5.41) is 3.50. The minimum absolute atomic E-state index is 0.0807. The molecule has 1 atom stereocenters. The second-order valence-electron chi connectivity index (χ2n) is 5.15. The number of aromatic amines is 1. The van der Waals surface area contributed by atoms with Gasteiger partial charge in [-0.2, -0.15) is 13.2 Å². The van der Waals surface area contributed by atoms with E-state index >= 15 is 0 Å². The van der Waals surface area contributed by atoms with Crippen LogP contribution in [0.5, 0.6) is 0 Å². The normalized spacial score (nSPS) is 12.8. The molecule has 0 unspecified atom stereocenters. The maximum absolute atomic E-state index is 12.5. The van der Waals surface area contributed by atoms with Crippen LogP contribution < -0.4 is 5.32 Å². The van der Waals surface area contributed by atoms with E-state index in [0.717, 1.165) is 5.52 Å². The number of aromatic nitrogens is 1. The van der Waals surface area contributed by atoms with Crippen LogP contribution in [0.15, 0.2) is 24.4 Å². The Balaban J connectivity index is 2.09. The zero-order valence-electron chi connectivity index (χ0n) is 12.0. The molecule has 23 heavy (non-hydrogen) atoms. The maximum Gasteiger partial charge on any atom is 0.391 e. The molecular formula is C16H14ClF3N2O. The van der Waals surface area contributed by atoms with Crippen molar-refractivity contribution in [3.8, 4) is 12.3 Å². The third-order valence-corrected chi connectivity index (χ3v) is 3.61. The van der Waals surface area contributed by atoms with Gasteiger partial charge in [0, 0.05) is 29.6 Å². The van der Waals surface area contributed by atoms with Crippen LogP contribution in [-0.2, 0) is 11.2 Å². The zero-order chi connectivity index (χ0) is 17.0. The van der Waals surface area contributed by atoms with Crippen LogP contribution in [0, 0.1) is 12.3 Å². The van der Waals surface area contributed by atoms with Gasteiger partial charge in [-0.05, 0) is 17.7 Å². The number of terminal acetylenes is 1. The van der Waals surface area contributed by atoms with Crippen LogP contribution in [0.3, 0.4) is 0 Å². The molecule has 1 aromatic carbocycles. The molecule has 2 rings (SSSR count). The van der Waals surface area contributed by atoms with E-state index in [9.17, 15) is 18.0 Å². The van der Waals surface area contributed by atoms with Crippen molar-refractivity contribution in [3.05, 3.63) is 35.0 Å². The van der Waals surface area contributed by atoms with Crippen molar-refractivity contribution < 1.29 is 18.0 Å². The second-order valence-corrected chi connectivity index (χ2v) is 5.55. The summed E-state index contributed by atoms with van der Waals surface area (Å²) < 4.78 is 37.4. The fourth-order valence-corrected chi connectivity index (χ4v) is 2.69. The largest absolute Gasteiger partial charge is 0.391 e. The van der Waals surface area contributed by atoms with Gasteiger partial charge in [0.1, 0.15) is 0 Å². The lowest BCUT2D eigenvalue weighted by atomic mass is 10.1. The molecule has 0 saturated heterocycles. The molecule has 0 fully saturated rings. The van der Waals surface area contributed by atoms with Crippen molar-refractivity contribution in [1.29, 1.82) is 0 Å². The fraction of sp³-hybridized carbons (Fsp3) is 0.312. The van der Waals surface area contributed by atoms with Crippen LogP contribution in [0.25, 0.3) is 10.9 Å². The number of halogens is 4.